The van der Waals surface area contributed by atoms with Gasteiger partial charge in [-0.05, 0) is 18.8 Å². The fourth-order valence-corrected chi connectivity index (χ4v) is 4.96. The summed E-state index contributed by atoms with van der Waals surface area (Å²) in [7, 11) is 0. The first-order valence-electron chi connectivity index (χ1n) is 10.6. The molecule has 0 bridgehead atoms. The molecule has 0 radical (unpaired) electrons. The van der Waals surface area contributed by atoms with Crippen LogP contribution in [-0.2, 0) is 20.7 Å². The van der Waals surface area contributed by atoms with Crippen LogP contribution in [0.25, 0.3) is 0 Å². The van der Waals surface area contributed by atoms with Crippen LogP contribution in [0.3, 0.4) is 0 Å². The summed E-state index contributed by atoms with van der Waals surface area (Å²) in [5.74, 6) is 0.718. The number of amides is 1. The topological polar surface area (TPSA) is 78.3 Å². The van der Waals surface area contributed by atoms with Crippen molar-refractivity contribution in [2.24, 2.45) is 5.92 Å². The van der Waals surface area contributed by atoms with Gasteiger partial charge < -0.3 is 14.8 Å². The fourth-order valence-electron chi connectivity index (χ4n) is 4.96. The monoisotopic (exact) mass is 384 g/mol. The molecule has 1 saturated carbocycles. The summed E-state index contributed by atoms with van der Waals surface area (Å²) < 4.78 is 13.9. The maximum Gasteiger partial charge on any atom is 0.247 e. The molecule has 1 aromatic heterocycles. The van der Waals surface area contributed by atoms with Gasteiger partial charge in [0.25, 0.3) is 0 Å². The molecule has 4 unspecified atom stereocenters. The maximum atomic E-state index is 12.4. The lowest BCUT2D eigenvalue weighted by Gasteiger charge is -2.20. The molecule has 3 heterocycles. The molecule has 4 atom stereocenters. The average Bonchev–Trinajstić information content (AvgIpc) is 3.49. The number of carbonyl (C=O) groups is 1. The summed E-state index contributed by atoms with van der Waals surface area (Å²) in [6.45, 7) is 1.01. The second-order valence-electron chi connectivity index (χ2n) is 8.47. The minimum atomic E-state index is -0.130. The summed E-state index contributed by atoms with van der Waals surface area (Å²) in [4.78, 5) is 12.4. The van der Waals surface area contributed by atoms with Gasteiger partial charge in [0, 0.05) is 11.8 Å². The number of rotatable bonds is 5. The van der Waals surface area contributed by atoms with Gasteiger partial charge in [0.2, 0.25) is 5.91 Å². The number of nitrogens with zero attached hydrogens (tertiary/aromatic N) is 3. The van der Waals surface area contributed by atoms with Gasteiger partial charge in [-0.3, -0.25) is 4.79 Å². The number of hydrogen-bond acceptors (Lipinski definition) is 5. The van der Waals surface area contributed by atoms with Crippen LogP contribution in [-0.4, -0.2) is 52.4 Å². The zero-order chi connectivity index (χ0) is 18.9. The van der Waals surface area contributed by atoms with Crippen molar-refractivity contribution in [1.82, 2.24) is 20.3 Å². The molecular formula is C21H28N4O3. The van der Waals surface area contributed by atoms with Crippen molar-refractivity contribution in [3.63, 3.8) is 0 Å². The minimum Gasteiger partial charge on any atom is -0.371 e. The van der Waals surface area contributed by atoms with Gasteiger partial charge in [0.05, 0.1) is 24.9 Å². The van der Waals surface area contributed by atoms with Crippen molar-refractivity contribution in [2.75, 3.05) is 13.2 Å². The molecule has 5 rings (SSSR count). The molecule has 7 heteroatoms. The van der Waals surface area contributed by atoms with E-state index < -0.39 is 0 Å². The Hall–Kier alpha value is -1.99. The van der Waals surface area contributed by atoms with E-state index in [1.807, 2.05) is 22.9 Å². The van der Waals surface area contributed by atoms with Crippen molar-refractivity contribution in [1.29, 1.82) is 0 Å². The second kappa shape index (κ2) is 7.79. The predicted molar refractivity (Wildman–Crippen MR) is 103 cm³/mol. The molecule has 7 nitrogen and oxygen atoms in total. The van der Waals surface area contributed by atoms with Gasteiger partial charge in [0.1, 0.15) is 18.2 Å². The Morgan fingerprint density at radius 1 is 1.18 bits per heavy atom. The second-order valence-corrected chi connectivity index (χ2v) is 8.47. The first-order valence-corrected chi connectivity index (χ1v) is 10.6. The van der Waals surface area contributed by atoms with E-state index in [9.17, 15) is 4.79 Å². The Kier molecular flexibility index (Phi) is 5.03. The van der Waals surface area contributed by atoms with Crippen LogP contribution >= 0.6 is 0 Å². The molecule has 3 fully saturated rings. The molecule has 2 saturated heterocycles. The zero-order valence-electron chi connectivity index (χ0n) is 16.1. The fraction of sp³-hybridized carbons (Fsp3) is 0.667. The van der Waals surface area contributed by atoms with Crippen LogP contribution in [0.5, 0.6) is 0 Å². The molecule has 28 heavy (non-hydrogen) atoms. The van der Waals surface area contributed by atoms with Gasteiger partial charge >= 0.3 is 0 Å². The van der Waals surface area contributed by atoms with Gasteiger partial charge in [0.15, 0.2) is 0 Å². The summed E-state index contributed by atoms with van der Waals surface area (Å²) in [5.41, 5.74) is 1.86. The Labute approximate surface area is 165 Å². The number of allylic oxidation sites excluding steroid dienone is 3. The number of aromatic nitrogens is 3. The van der Waals surface area contributed by atoms with Gasteiger partial charge in [-0.1, -0.05) is 55.5 Å². The van der Waals surface area contributed by atoms with Crippen LogP contribution in [0.1, 0.15) is 50.3 Å². The molecule has 0 spiro atoms. The van der Waals surface area contributed by atoms with Crippen LogP contribution in [0.4, 0.5) is 0 Å². The highest BCUT2D eigenvalue weighted by Gasteiger charge is 2.49. The lowest BCUT2D eigenvalue weighted by Crippen LogP contribution is -2.44. The molecule has 1 amide bonds. The Balaban J connectivity index is 1.20. The Morgan fingerprint density at radius 3 is 2.86 bits per heavy atom. The number of carbonyl (C=O) groups excluding carboxylic acids is 1. The summed E-state index contributed by atoms with van der Waals surface area (Å²) in [6.07, 6.45) is 16.0. The maximum absolute atomic E-state index is 12.4. The number of hydrogen-bond donors (Lipinski definition) is 1. The molecule has 4 aliphatic rings. The molecule has 0 aromatic carbocycles. The summed E-state index contributed by atoms with van der Waals surface area (Å²) in [6, 6.07) is -0.0962. The Morgan fingerprint density at radius 2 is 2.04 bits per heavy atom. The van der Waals surface area contributed by atoms with Gasteiger partial charge in [-0.2, -0.15) is 0 Å². The highest BCUT2D eigenvalue weighted by Crippen LogP contribution is 2.34. The SMILES string of the molecule is O=C(NC1COC2C1OCC2n1cc(CC2CCCCC2)nn1)C1=CC=CC1. The molecule has 1 N–H and O–H groups in total. The number of nitrogens with one attached hydrogen (secondary N) is 1. The van der Waals surface area contributed by atoms with Crippen molar-refractivity contribution < 1.29 is 14.3 Å². The van der Waals surface area contributed by atoms with E-state index in [1.165, 1.54) is 32.1 Å². The standard InChI is InChI=1S/C21H28N4O3/c26-21(15-8-4-5-9-15)22-17-12-27-20-18(13-28-19(17)20)25-11-16(23-24-25)10-14-6-2-1-3-7-14/h4-5,8,11,14,17-20H,1-3,6-7,9-10,12-13H2,(H,22,26). The molecule has 1 aromatic rings. The van der Waals surface area contributed by atoms with Crippen molar-refractivity contribution in [3.8, 4) is 0 Å². The summed E-state index contributed by atoms with van der Waals surface area (Å²) in [5, 5.41) is 11.9. The molecule has 150 valence electrons. The normalized spacial score (nSPS) is 32.5. The largest absolute Gasteiger partial charge is 0.371 e. The van der Waals surface area contributed by atoms with E-state index in [4.69, 9.17) is 9.47 Å². The molecule has 2 aliphatic heterocycles. The molecular weight excluding hydrogens is 356 g/mol. The Bertz CT molecular complexity index is 780. The van der Waals surface area contributed by atoms with Crippen LogP contribution < -0.4 is 5.32 Å². The van der Waals surface area contributed by atoms with Gasteiger partial charge in [-0.15, -0.1) is 5.10 Å². The van der Waals surface area contributed by atoms with E-state index in [0.29, 0.717) is 19.6 Å². The average molecular weight is 384 g/mol. The third-order valence-corrected chi connectivity index (χ3v) is 6.53. The highest BCUT2D eigenvalue weighted by molar-refractivity contribution is 5.94. The first kappa shape index (κ1) is 18.1. The van der Waals surface area contributed by atoms with E-state index in [-0.39, 0.29) is 30.2 Å². The van der Waals surface area contributed by atoms with E-state index >= 15 is 0 Å². The van der Waals surface area contributed by atoms with E-state index in [1.54, 1.807) is 0 Å². The van der Waals surface area contributed by atoms with Crippen molar-refractivity contribution in [3.05, 3.63) is 35.7 Å². The highest BCUT2D eigenvalue weighted by atomic mass is 16.6. The predicted octanol–water partition coefficient (Wildman–Crippen LogP) is 2.11. The number of fused-ring (bicyclic) bond motifs is 1. The lowest BCUT2D eigenvalue weighted by atomic mass is 9.86. The summed E-state index contributed by atoms with van der Waals surface area (Å²) >= 11 is 0. The molecule has 2 aliphatic carbocycles. The van der Waals surface area contributed by atoms with Crippen LogP contribution in [0, 0.1) is 5.92 Å². The smallest absolute Gasteiger partial charge is 0.247 e. The third kappa shape index (κ3) is 3.53. The van der Waals surface area contributed by atoms with Crippen LogP contribution in [0.2, 0.25) is 0 Å². The van der Waals surface area contributed by atoms with Crippen LogP contribution in [0.15, 0.2) is 30.0 Å². The zero-order valence-corrected chi connectivity index (χ0v) is 16.1. The number of ether oxygens (including phenoxy) is 2. The van der Waals surface area contributed by atoms with Crippen molar-refractivity contribution >= 4 is 5.91 Å². The van der Waals surface area contributed by atoms with Gasteiger partial charge in [-0.25, -0.2) is 4.68 Å². The van der Waals surface area contributed by atoms with E-state index in [2.05, 4.69) is 21.8 Å². The lowest BCUT2D eigenvalue weighted by molar-refractivity contribution is -0.118. The minimum absolute atomic E-state index is 0.0203. The van der Waals surface area contributed by atoms with E-state index in [0.717, 1.165) is 23.6 Å². The van der Waals surface area contributed by atoms with Crippen molar-refractivity contribution in [2.45, 2.75) is 69.2 Å². The first-order chi connectivity index (χ1) is 13.8. The third-order valence-electron chi connectivity index (χ3n) is 6.53. The quantitative estimate of drug-likeness (QED) is 0.841.